The predicted octanol–water partition coefficient (Wildman–Crippen LogP) is 3.20. The van der Waals surface area contributed by atoms with Gasteiger partial charge in [0.25, 0.3) is 5.91 Å². The minimum atomic E-state index is -0.820. The van der Waals surface area contributed by atoms with Gasteiger partial charge in [-0.25, -0.2) is 8.78 Å². The minimum absolute atomic E-state index is 0.0580. The van der Waals surface area contributed by atoms with Gasteiger partial charge < -0.3 is 4.90 Å². The molecule has 0 radical (unpaired) electrons. The van der Waals surface area contributed by atoms with E-state index in [0.717, 1.165) is 31.4 Å². The van der Waals surface area contributed by atoms with Gasteiger partial charge in [-0.1, -0.05) is 0 Å². The summed E-state index contributed by atoms with van der Waals surface area (Å²) in [5.41, 5.74) is -0.0894. The summed E-state index contributed by atoms with van der Waals surface area (Å²) in [6.45, 7) is 0.576. The molecule has 0 spiro atoms. The van der Waals surface area contributed by atoms with Gasteiger partial charge in [-0.05, 0) is 31.4 Å². The third-order valence-electron chi connectivity index (χ3n) is 3.23. The molecule has 2 rings (SSSR count). The van der Waals surface area contributed by atoms with Gasteiger partial charge in [-0.3, -0.25) is 4.79 Å². The number of likely N-dealkylation sites (tertiary alicyclic amines) is 1. The van der Waals surface area contributed by atoms with Crippen LogP contribution in [-0.2, 0) is 0 Å². The standard InChI is InChI=1S/C13H14ClF2NO/c14-8-10-3-1-2-6-17(10)13(18)11-5-4-9(15)7-12(11)16/h4-5,7,10H,1-3,6,8H2. The predicted molar refractivity (Wildman–Crippen MR) is 65.8 cm³/mol. The molecule has 1 fully saturated rings. The summed E-state index contributed by atoms with van der Waals surface area (Å²) in [4.78, 5) is 13.8. The van der Waals surface area contributed by atoms with Crippen LogP contribution >= 0.6 is 11.6 Å². The zero-order chi connectivity index (χ0) is 13.1. The third kappa shape index (κ3) is 2.64. The summed E-state index contributed by atoms with van der Waals surface area (Å²) in [6.07, 6.45) is 2.74. The number of halogens is 3. The van der Waals surface area contributed by atoms with E-state index >= 15 is 0 Å². The fraction of sp³-hybridized carbons (Fsp3) is 0.462. The maximum absolute atomic E-state index is 13.6. The molecule has 0 saturated carbocycles. The second kappa shape index (κ2) is 5.65. The monoisotopic (exact) mass is 273 g/mol. The molecule has 18 heavy (non-hydrogen) atoms. The van der Waals surface area contributed by atoms with Crippen LogP contribution in [0.5, 0.6) is 0 Å². The van der Waals surface area contributed by atoms with E-state index in [-0.39, 0.29) is 11.6 Å². The van der Waals surface area contributed by atoms with Crippen LogP contribution in [0.3, 0.4) is 0 Å². The van der Waals surface area contributed by atoms with Gasteiger partial charge in [-0.2, -0.15) is 0 Å². The number of carbonyl (C=O) groups is 1. The largest absolute Gasteiger partial charge is 0.334 e. The molecule has 1 aliphatic heterocycles. The van der Waals surface area contributed by atoms with Gasteiger partial charge in [0.15, 0.2) is 0 Å². The maximum Gasteiger partial charge on any atom is 0.257 e. The average molecular weight is 274 g/mol. The van der Waals surface area contributed by atoms with E-state index in [2.05, 4.69) is 0 Å². The number of carbonyl (C=O) groups excluding carboxylic acids is 1. The average Bonchev–Trinajstić information content (AvgIpc) is 2.38. The van der Waals surface area contributed by atoms with Crippen LogP contribution in [0.15, 0.2) is 18.2 Å². The quantitative estimate of drug-likeness (QED) is 0.758. The van der Waals surface area contributed by atoms with E-state index in [1.165, 1.54) is 6.07 Å². The van der Waals surface area contributed by atoms with E-state index in [1.54, 1.807) is 4.90 Å². The molecular formula is C13H14ClF2NO. The molecule has 1 amide bonds. The van der Waals surface area contributed by atoms with Crippen LogP contribution in [0.4, 0.5) is 8.78 Å². The molecule has 0 aromatic heterocycles. The Hall–Kier alpha value is -1.16. The van der Waals surface area contributed by atoms with Gasteiger partial charge in [0.05, 0.1) is 5.56 Å². The molecule has 1 heterocycles. The number of benzene rings is 1. The van der Waals surface area contributed by atoms with Crippen LogP contribution in [0.25, 0.3) is 0 Å². The summed E-state index contributed by atoms with van der Waals surface area (Å²) < 4.78 is 26.4. The molecule has 1 aliphatic rings. The minimum Gasteiger partial charge on any atom is -0.334 e. The molecule has 5 heteroatoms. The van der Waals surface area contributed by atoms with Crippen LogP contribution in [0, 0.1) is 11.6 Å². The van der Waals surface area contributed by atoms with Gasteiger partial charge in [0.2, 0.25) is 0 Å². The number of nitrogens with zero attached hydrogens (tertiary/aromatic N) is 1. The molecule has 0 aliphatic carbocycles. The highest BCUT2D eigenvalue weighted by atomic mass is 35.5. The van der Waals surface area contributed by atoms with Crippen molar-refractivity contribution in [2.45, 2.75) is 25.3 Å². The van der Waals surface area contributed by atoms with Crippen molar-refractivity contribution in [1.29, 1.82) is 0 Å². The summed E-state index contributed by atoms with van der Waals surface area (Å²) in [6, 6.07) is 2.95. The number of amides is 1. The van der Waals surface area contributed by atoms with Crippen molar-refractivity contribution in [3.8, 4) is 0 Å². The van der Waals surface area contributed by atoms with Crippen LogP contribution in [0.2, 0.25) is 0 Å². The lowest BCUT2D eigenvalue weighted by atomic mass is 10.0. The highest BCUT2D eigenvalue weighted by Crippen LogP contribution is 2.22. The lowest BCUT2D eigenvalue weighted by molar-refractivity contribution is 0.0634. The molecule has 98 valence electrons. The molecule has 1 atom stereocenters. The zero-order valence-electron chi connectivity index (χ0n) is 9.83. The van der Waals surface area contributed by atoms with Crippen molar-refractivity contribution >= 4 is 17.5 Å². The maximum atomic E-state index is 13.6. The number of rotatable bonds is 2. The first kappa shape index (κ1) is 13.3. The number of alkyl halides is 1. The fourth-order valence-corrected chi connectivity index (χ4v) is 2.57. The fourth-order valence-electron chi connectivity index (χ4n) is 2.25. The van der Waals surface area contributed by atoms with Crippen molar-refractivity contribution in [2.24, 2.45) is 0 Å². The van der Waals surface area contributed by atoms with Crippen molar-refractivity contribution in [3.05, 3.63) is 35.4 Å². The molecule has 1 saturated heterocycles. The Morgan fingerprint density at radius 1 is 1.39 bits per heavy atom. The Bertz CT molecular complexity index is 453. The van der Waals surface area contributed by atoms with Crippen molar-refractivity contribution in [2.75, 3.05) is 12.4 Å². The Balaban J connectivity index is 2.24. The van der Waals surface area contributed by atoms with E-state index in [0.29, 0.717) is 12.4 Å². The molecule has 1 unspecified atom stereocenters. The Labute approximate surface area is 110 Å². The molecule has 0 bridgehead atoms. The number of piperidine rings is 1. The van der Waals surface area contributed by atoms with E-state index < -0.39 is 17.5 Å². The lowest BCUT2D eigenvalue weighted by Gasteiger charge is -2.34. The summed E-state index contributed by atoms with van der Waals surface area (Å²) in [5, 5.41) is 0. The number of hydrogen-bond acceptors (Lipinski definition) is 1. The summed E-state index contributed by atoms with van der Waals surface area (Å²) in [7, 11) is 0. The first-order chi connectivity index (χ1) is 8.63. The summed E-state index contributed by atoms with van der Waals surface area (Å²) >= 11 is 5.82. The van der Waals surface area contributed by atoms with Gasteiger partial charge >= 0.3 is 0 Å². The van der Waals surface area contributed by atoms with Crippen LogP contribution in [0.1, 0.15) is 29.6 Å². The Kier molecular flexibility index (Phi) is 4.17. The zero-order valence-corrected chi connectivity index (χ0v) is 10.6. The first-order valence-corrected chi connectivity index (χ1v) is 6.49. The SMILES string of the molecule is O=C(c1ccc(F)cc1F)N1CCCCC1CCl. The molecule has 1 aromatic carbocycles. The van der Waals surface area contributed by atoms with E-state index in [1.807, 2.05) is 0 Å². The first-order valence-electron chi connectivity index (χ1n) is 5.95. The highest BCUT2D eigenvalue weighted by molar-refractivity contribution is 6.18. The van der Waals surface area contributed by atoms with Crippen LogP contribution in [-0.4, -0.2) is 29.3 Å². The van der Waals surface area contributed by atoms with Crippen molar-refractivity contribution in [3.63, 3.8) is 0 Å². The highest BCUT2D eigenvalue weighted by Gasteiger charge is 2.28. The van der Waals surface area contributed by atoms with Crippen LogP contribution < -0.4 is 0 Å². The summed E-state index contributed by atoms with van der Waals surface area (Å²) in [5.74, 6) is -1.57. The molecular weight excluding hydrogens is 260 g/mol. The Morgan fingerprint density at radius 3 is 2.83 bits per heavy atom. The van der Waals surface area contributed by atoms with Crippen molar-refractivity contribution < 1.29 is 13.6 Å². The Morgan fingerprint density at radius 2 is 2.17 bits per heavy atom. The van der Waals surface area contributed by atoms with Gasteiger partial charge in [-0.15, -0.1) is 11.6 Å². The lowest BCUT2D eigenvalue weighted by Crippen LogP contribution is -2.45. The second-order valence-corrected chi connectivity index (χ2v) is 4.74. The van der Waals surface area contributed by atoms with E-state index in [4.69, 9.17) is 11.6 Å². The molecule has 2 nitrogen and oxygen atoms in total. The second-order valence-electron chi connectivity index (χ2n) is 4.43. The third-order valence-corrected chi connectivity index (χ3v) is 3.58. The van der Waals surface area contributed by atoms with Gasteiger partial charge in [0, 0.05) is 24.5 Å². The topological polar surface area (TPSA) is 20.3 Å². The van der Waals surface area contributed by atoms with Gasteiger partial charge in [0.1, 0.15) is 11.6 Å². The van der Waals surface area contributed by atoms with Crippen molar-refractivity contribution in [1.82, 2.24) is 4.90 Å². The normalized spacial score (nSPS) is 19.9. The smallest absolute Gasteiger partial charge is 0.257 e. The number of hydrogen-bond donors (Lipinski definition) is 0. The molecule has 1 aromatic rings. The molecule has 0 N–H and O–H groups in total. The van der Waals surface area contributed by atoms with E-state index in [9.17, 15) is 13.6 Å².